The average Bonchev–Trinajstić information content (AvgIpc) is 2.97. The van der Waals surface area contributed by atoms with Crippen molar-refractivity contribution in [3.8, 4) is 16.9 Å². The molecule has 0 saturated heterocycles. The van der Waals surface area contributed by atoms with E-state index in [1.54, 1.807) is 6.92 Å². The molecule has 0 spiro atoms. The second kappa shape index (κ2) is 8.30. The first kappa shape index (κ1) is 17.7. The third-order valence-electron chi connectivity index (χ3n) is 4.65. The largest absolute Gasteiger partial charge is 0.491 e. The van der Waals surface area contributed by atoms with Crippen molar-refractivity contribution in [2.75, 3.05) is 19.8 Å². The highest BCUT2D eigenvalue weighted by atomic mass is 16.5. The minimum atomic E-state index is 0.113. The summed E-state index contributed by atoms with van der Waals surface area (Å²) < 4.78 is 11.4. The van der Waals surface area contributed by atoms with Gasteiger partial charge in [-0.2, -0.15) is 0 Å². The predicted molar refractivity (Wildman–Crippen MR) is 101 cm³/mol. The van der Waals surface area contributed by atoms with Crippen molar-refractivity contribution in [1.82, 2.24) is 0 Å². The van der Waals surface area contributed by atoms with Gasteiger partial charge in [0.05, 0.1) is 6.61 Å². The van der Waals surface area contributed by atoms with Gasteiger partial charge >= 0.3 is 0 Å². The molecule has 0 atom stereocenters. The van der Waals surface area contributed by atoms with Gasteiger partial charge in [0.15, 0.2) is 5.78 Å². The second-order valence-corrected chi connectivity index (χ2v) is 6.59. The lowest BCUT2D eigenvalue weighted by molar-refractivity contribution is 0.0973. The molecule has 0 radical (unpaired) electrons. The van der Waals surface area contributed by atoms with Gasteiger partial charge in [-0.1, -0.05) is 38.0 Å². The lowest BCUT2D eigenvalue weighted by Gasteiger charge is -2.09. The summed E-state index contributed by atoms with van der Waals surface area (Å²) >= 11 is 0. The molecule has 1 aliphatic carbocycles. The van der Waals surface area contributed by atoms with E-state index in [0.29, 0.717) is 13.2 Å². The van der Waals surface area contributed by atoms with Crippen molar-refractivity contribution >= 4 is 5.78 Å². The van der Waals surface area contributed by atoms with E-state index in [4.69, 9.17) is 9.47 Å². The van der Waals surface area contributed by atoms with Crippen LogP contribution in [0.3, 0.4) is 0 Å². The fourth-order valence-electron chi connectivity index (χ4n) is 3.27. The highest BCUT2D eigenvalue weighted by Crippen LogP contribution is 2.38. The number of hydrogen-bond acceptors (Lipinski definition) is 3. The van der Waals surface area contributed by atoms with Gasteiger partial charge in [0.25, 0.3) is 0 Å². The molecular weight excluding hydrogens is 312 g/mol. The van der Waals surface area contributed by atoms with Crippen LogP contribution in [0.15, 0.2) is 36.4 Å². The summed E-state index contributed by atoms with van der Waals surface area (Å²) in [5.41, 5.74) is 5.73. The number of fused-ring (bicyclic) bond motifs is 3. The lowest BCUT2D eigenvalue weighted by atomic mass is 10.0. The van der Waals surface area contributed by atoms with Crippen LogP contribution in [0.5, 0.6) is 5.75 Å². The van der Waals surface area contributed by atoms with Crippen molar-refractivity contribution in [3.63, 3.8) is 0 Å². The monoisotopic (exact) mass is 338 g/mol. The van der Waals surface area contributed by atoms with Crippen LogP contribution in [0.2, 0.25) is 0 Å². The van der Waals surface area contributed by atoms with Gasteiger partial charge in [0.1, 0.15) is 12.4 Å². The highest BCUT2D eigenvalue weighted by molar-refractivity contribution is 5.95. The van der Waals surface area contributed by atoms with E-state index < -0.39 is 0 Å². The third-order valence-corrected chi connectivity index (χ3v) is 4.65. The summed E-state index contributed by atoms with van der Waals surface area (Å²) in [6.07, 6.45) is 4.41. The van der Waals surface area contributed by atoms with Gasteiger partial charge in [-0.3, -0.25) is 4.79 Å². The molecule has 2 aromatic rings. The van der Waals surface area contributed by atoms with Crippen LogP contribution in [0, 0.1) is 0 Å². The first-order valence-electron chi connectivity index (χ1n) is 9.16. The van der Waals surface area contributed by atoms with E-state index in [0.717, 1.165) is 30.8 Å². The minimum Gasteiger partial charge on any atom is -0.491 e. The molecule has 1 aliphatic rings. The number of ether oxygens (including phenoxy) is 2. The first-order valence-corrected chi connectivity index (χ1v) is 9.16. The quantitative estimate of drug-likeness (QED) is 0.405. The maximum Gasteiger partial charge on any atom is 0.159 e. The van der Waals surface area contributed by atoms with Gasteiger partial charge in [0.2, 0.25) is 0 Å². The van der Waals surface area contributed by atoms with Crippen LogP contribution >= 0.6 is 0 Å². The zero-order valence-electron chi connectivity index (χ0n) is 15.1. The Morgan fingerprint density at radius 3 is 2.48 bits per heavy atom. The molecule has 0 aliphatic heterocycles. The molecule has 0 N–H and O–H groups in total. The number of unbranched alkanes of at least 4 members (excludes halogenated alkanes) is 2. The maximum absolute atomic E-state index is 11.6. The Hall–Kier alpha value is -2.13. The molecule has 25 heavy (non-hydrogen) atoms. The summed E-state index contributed by atoms with van der Waals surface area (Å²) in [5.74, 6) is 0.997. The summed E-state index contributed by atoms with van der Waals surface area (Å²) in [4.78, 5) is 11.6. The molecule has 0 fully saturated rings. The van der Waals surface area contributed by atoms with Gasteiger partial charge in [0, 0.05) is 12.2 Å². The predicted octanol–water partition coefficient (Wildman–Crippen LogP) is 5.05. The van der Waals surface area contributed by atoms with Crippen molar-refractivity contribution in [1.29, 1.82) is 0 Å². The van der Waals surface area contributed by atoms with Crippen molar-refractivity contribution in [3.05, 3.63) is 53.1 Å². The second-order valence-electron chi connectivity index (χ2n) is 6.59. The van der Waals surface area contributed by atoms with Gasteiger partial charge < -0.3 is 9.47 Å². The zero-order chi connectivity index (χ0) is 17.6. The summed E-state index contributed by atoms with van der Waals surface area (Å²) in [7, 11) is 0. The Morgan fingerprint density at radius 1 is 0.960 bits per heavy atom. The lowest BCUT2D eigenvalue weighted by Crippen LogP contribution is -2.07. The molecule has 0 bridgehead atoms. The van der Waals surface area contributed by atoms with Crippen molar-refractivity contribution in [2.45, 2.75) is 39.5 Å². The molecule has 3 rings (SSSR count). The molecular formula is C22H26O3. The van der Waals surface area contributed by atoms with Gasteiger partial charge in [-0.05, 0) is 60.2 Å². The smallest absolute Gasteiger partial charge is 0.159 e. The Balaban J connectivity index is 1.57. The van der Waals surface area contributed by atoms with E-state index in [2.05, 4.69) is 25.1 Å². The van der Waals surface area contributed by atoms with Gasteiger partial charge in [-0.25, -0.2) is 0 Å². The van der Waals surface area contributed by atoms with Crippen LogP contribution in [-0.2, 0) is 11.2 Å². The number of carbonyl (C=O) groups is 1. The Kier molecular flexibility index (Phi) is 5.87. The van der Waals surface area contributed by atoms with E-state index in [1.165, 1.54) is 35.1 Å². The molecule has 0 heterocycles. The Labute approximate surface area is 150 Å². The third kappa shape index (κ3) is 4.29. The number of Topliss-reactive ketones (excluding diaryl/α,β-unsaturated/α-hetero) is 1. The fourth-order valence-corrected chi connectivity index (χ4v) is 3.27. The summed E-state index contributed by atoms with van der Waals surface area (Å²) in [6.45, 7) is 5.82. The molecule has 0 unspecified atom stereocenters. The number of ketones is 1. The zero-order valence-corrected chi connectivity index (χ0v) is 15.1. The molecule has 132 valence electrons. The van der Waals surface area contributed by atoms with Crippen molar-refractivity contribution in [2.24, 2.45) is 0 Å². The van der Waals surface area contributed by atoms with Crippen LogP contribution in [0.25, 0.3) is 11.1 Å². The van der Waals surface area contributed by atoms with Crippen LogP contribution in [0.4, 0.5) is 0 Å². The molecule has 0 aromatic heterocycles. The number of carbonyl (C=O) groups excluding carboxylic acids is 1. The maximum atomic E-state index is 11.6. The summed E-state index contributed by atoms with van der Waals surface area (Å²) in [6, 6.07) is 12.2. The Morgan fingerprint density at radius 2 is 1.72 bits per heavy atom. The van der Waals surface area contributed by atoms with Crippen LogP contribution in [-0.4, -0.2) is 25.6 Å². The van der Waals surface area contributed by atoms with Gasteiger partial charge in [-0.15, -0.1) is 0 Å². The topological polar surface area (TPSA) is 35.5 Å². The van der Waals surface area contributed by atoms with E-state index in [-0.39, 0.29) is 5.78 Å². The average molecular weight is 338 g/mol. The summed E-state index contributed by atoms with van der Waals surface area (Å²) in [5, 5.41) is 0. The van der Waals surface area contributed by atoms with E-state index >= 15 is 0 Å². The Bertz CT molecular complexity index is 749. The van der Waals surface area contributed by atoms with Crippen LogP contribution in [0.1, 0.15) is 54.6 Å². The first-order chi connectivity index (χ1) is 12.2. The molecule has 0 saturated carbocycles. The molecule has 3 nitrogen and oxygen atoms in total. The SMILES string of the molecule is CCCCCOCCOc1ccc2c(c1)Cc1cc(C(C)=O)ccc1-2. The van der Waals surface area contributed by atoms with E-state index in [1.807, 2.05) is 18.2 Å². The molecule has 0 amide bonds. The number of rotatable bonds is 9. The van der Waals surface area contributed by atoms with E-state index in [9.17, 15) is 4.79 Å². The normalized spacial score (nSPS) is 11.9. The number of benzene rings is 2. The molecule has 3 heteroatoms. The standard InChI is InChI=1S/C22H26O3/c1-3-4-5-10-24-11-12-25-20-7-9-22-19(15-20)14-18-13-17(16(2)23)6-8-21(18)22/h6-9,13,15H,3-5,10-12,14H2,1-2H3. The fraction of sp³-hybridized carbons (Fsp3) is 0.409. The van der Waals surface area contributed by atoms with Crippen molar-refractivity contribution < 1.29 is 14.3 Å². The number of hydrogen-bond donors (Lipinski definition) is 0. The van der Waals surface area contributed by atoms with Crippen LogP contribution < -0.4 is 4.74 Å². The minimum absolute atomic E-state index is 0.113. The highest BCUT2D eigenvalue weighted by Gasteiger charge is 2.19. The molecule has 2 aromatic carbocycles.